The van der Waals surface area contributed by atoms with E-state index in [1.807, 2.05) is 37.3 Å². The SMILES string of the molecule is COc1ccccc1CNc1cc(Nc2c(C)cc(C)cc2C)nc(C)n1. The topological polar surface area (TPSA) is 59.1 Å². The number of anilines is 3. The van der Waals surface area contributed by atoms with Crippen molar-refractivity contribution in [3.8, 4) is 5.75 Å². The van der Waals surface area contributed by atoms with Crippen LogP contribution in [0.2, 0.25) is 0 Å². The van der Waals surface area contributed by atoms with Crippen molar-refractivity contribution in [2.45, 2.75) is 34.2 Å². The molecule has 1 aromatic heterocycles. The van der Waals surface area contributed by atoms with Crippen LogP contribution in [0.3, 0.4) is 0 Å². The molecule has 2 aromatic carbocycles. The van der Waals surface area contributed by atoms with Crippen molar-refractivity contribution in [1.29, 1.82) is 0 Å². The lowest BCUT2D eigenvalue weighted by atomic mass is 10.1. The summed E-state index contributed by atoms with van der Waals surface area (Å²) in [5.41, 5.74) is 5.83. The van der Waals surface area contributed by atoms with E-state index in [1.54, 1.807) is 7.11 Å². The van der Waals surface area contributed by atoms with Crippen molar-refractivity contribution in [1.82, 2.24) is 9.97 Å². The Kier molecular flexibility index (Phi) is 5.60. The maximum atomic E-state index is 5.41. The summed E-state index contributed by atoms with van der Waals surface area (Å²) in [6.45, 7) is 8.85. The van der Waals surface area contributed by atoms with Crippen molar-refractivity contribution in [3.05, 3.63) is 70.5 Å². The lowest BCUT2D eigenvalue weighted by molar-refractivity contribution is 0.410. The third-order valence-electron chi connectivity index (χ3n) is 4.42. The number of aromatic nitrogens is 2. The molecule has 0 aliphatic rings. The van der Waals surface area contributed by atoms with Crippen LogP contribution in [0.4, 0.5) is 17.3 Å². The molecular formula is C22H26N4O. The Balaban J connectivity index is 1.81. The van der Waals surface area contributed by atoms with Gasteiger partial charge in [-0.05, 0) is 44.9 Å². The highest BCUT2D eigenvalue weighted by atomic mass is 16.5. The molecule has 3 rings (SSSR count). The van der Waals surface area contributed by atoms with Crippen LogP contribution < -0.4 is 15.4 Å². The molecule has 0 radical (unpaired) electrons. The molecule has 0 atom stereocenters. The van der Waals surface area contributed by atoms with Gasteiger partial charge < -0.3 is 15.4 Å². The highest BCUT2D eigenvalue weighted by Crippen LogP contribution is 2.26. The zero-order chi connectivity index (χ0) is 19.4. The van der Waals surface area contributed by atoms with Crippen LogP contribution in [-0.2, 0) is 6.54 Å². The Bertz CT molecular complexity index is 930. The smallest absolute Gasteiger partial charge is 0.136 e. The lowest BCUT2D eigenvalue weighted by Crippen LogP contribution is -2.06. The van der Waals surface area contributed by atoms with Gasteiger partial charge in [-0.2, -0.15) is 0 Å². The zero-order valence-electron chi connectivity index (χ0n) is 16.6. The molecule has 0 bridgehead atoms. The first-order chi connectivity index (χ1) is 13.0. The van der Waals surface area contributed by atoms with E-state index in [-0.39, 0.29) is 0 Å². The summed E-state index contributed by atoms with van der Waals surface area (Å²) in [5.74, 6) is 3.13. The quantitative estimate of drug-likeness (QED) is 0.641. The second-order valence-corrected chi connectivity index (χ2v) is 6.75. The van der Waals surface area contributed by atoms with Gasteiger partial charge in [0.25, 0.3) is 0 Å². The first-order valence-corrected chi connectivity index (χ1v) is 9.02. The zero-order valence-corrected chi connectivity index (χ0v) is 16.6. The van der Waals surface area contributed by atoms with Gasteiger partial charge in [0.05, 0.1) is 7.11 Å². The first-order valence-electron chi connectivity index (χ1n) is 9.02. The molecule has 0 unspecified atom stereocenters. The Labute approximate surface area is 160 Å². The Hall–Kier alpha value is -3.08. The molecule has 0 saturated carbocycles. The second kappa shape index (κ2) is 8.08. The fraction of sp³-hybridized carbons (Fsp3) is 0.273. The number of rotatable bonds is 6. The van der Waals surface area contributed by atoms with Crippen LogP contribution in [-0.4, -0.2) is 17.1 Å². The Morgan fingerprint density at radius 1 is 0.889 bits per heavy atom. The van der Waals surface area contributed by atoms with Crippen LogP contribution in [0.1, 0.15) is 28.1 Å². The normalized spacial score (nSPS) is 10.6. The summed E-state index contributed by atoms with van der Waals surface area (Å²) in [7, 11) is 1.68. The van der Waals surface area contributed by atoms with E-state index in [9.17, 15) is 0 Å². The van der Waals surface area contributed by atoms with Gasteiger partial charge in [-0.25, -0.2) is 9.97 Å². The molecule has 27 heavy (non-hydrogen) atoms. The van der Waals surface area contributed by atoms with E-state index >= 15 is 0 Å². The molecule has 5 heteroatoms. The predicted octanol–water partition coefficient (Wildman–Crippen LogP) is 5.07. The highest BCUT2D eigenvalue weighted by molar-refractivity contribution is 5.66. The molecule has 0 amide bonds. The van der Waals surface area contributed by atoms with Crippen molar-refractivity contribution in [2.75, 3.05) is 17.7 Å². The predicted molar refractivity (Wildman–Crippen MR) is 111 cm³/mol. The van der Waals surface area contributed by atoms with Gasteiger partial charge in [-0.15, -0.1) is 0 Å². The van der Waals surface area contributed by atoms with Crippen LogP contribution >= 0.6 is 0 Å². The average molecular weight is 362 g/mol. The van der Waals surface area contributed by atoms with Gasteiger partial charge in [0, 0.05) is 23.9 Å². The number of nitrogens with one attached hydrogen (secondary N) is 2. The number of methoxy groups -OCH3 is 1. The van der Waals surface area contributed by atoms with E-state index in [4.69, 9.17) is 4.74 Å². The molecule has 3 aromatic rings. The number of para-hydroxylation sites is 1. The van der Waals surface area contributed by atoms with Crippen molar-refractivity contribution >= 4 is 17.3 Å². The van der Waals surface area contributed by atoms with Crippen molar-refractivity contribution < 1.29 is 4.74 Å². The summed E-state index contributed by atoms with van der Waals surface area (Å²) in [4.78, 5) is 9.04. The molecule has 0 aliphatic carbocycles. The van der Waals surface area contributed by atoms with Crippen LogP contribution in [0, 0.1) is 27.7 Å². The van der Waals surface area contributed by atoms with Crippen molar-refractivity contribution in [2.24, 2.45) is 0 Å². The molecular weight excluding hydrogens is 336 g/mol. The Morgan fingerprint density at radius 3 is 2.26 bits per heavy atom. The minimum Gasteiger partial charge on any atom is -0.496 e. The lowest BCUT2D eigenvalue weighted by Gasteiger charge is -2.15. The first kappa shape index (κ1) is 18.7. The van der Waals surface area contributed by atoms with E-state index in [0.717, 1.165) is 28.6 Å². The third kappa shape index (κ3) is 4.56. The van der Waals surface area contributed by atoms with E-state index in [1.165, 1.54) is 16.7 Å². The maximum absolute atomic E-state index is 5.41. The highest BCUT2D eigenvalue weighted by Gasteiger charge is 2.08. The second-order valence-electron chi connectivity index (χ2n) is 6.75. The Morgan fingerprint density at radius 2 is 1.56 bits per heavy atom. The number of ether oxygens (including phenoxy) is 1. The summed E-state index contributed by atoms with van der Waals surface area (Å²) in [6, 6.07) is 14.2. The molecule has 140 valence electrons. The molecule has 0 saturated heterocycles. The average Bonchev–Trinajstić information content (AvgIpc) is 2.63. The molecule has 5 nitrogen and oxygen atoms in total. The van der Waals surface area contributed by atoms with Gasteiger partial charge in [0.15, 0.2) is 0 Å². The molecule has 2 N–H and O–H groups in total. The largest absolute Gasteiger partial charge is 0.496 e. The van der Waals surface area contributed by atoms with Gasteiger partial charge in [0.2, 0.25) is 0 Å². The van der Waals surface area contributed by atoms with Gasteiger partial charge in [-0.1, -0.05) is 35.9 Å². The number of nitrogens with zero attached hydrogens (tertiary/aromatic N) is 2. The third-order valence-corrected chi connectivity index (χ3v) is 4.42. The standard InChI is InChI=1S/C22H26N4O/c1-14-10-15(2)22(16(3)11-14)26-21-12-20(24-17(4)25-21)23-13-18-8-6-7-9-19(18)27-5/h6-12H,13H2,1-5H3,(H2,23,24,25,26). The maximum Gasteiger partial charge on any atom is 0.136 e. The fourth-order valence-electron chi connectivity index (χ4n) is 3.26. The van der Waals surface area contributed by atoms with Gasteiger partial charge in [0.1, 0.15) is 23.2 Å². The number of hydrogen-bond donors (Lipinski definition) is 2. The van der Waals surface area contributed by atoms with Crippen molar-refractivity contribution in [3.63, 3.8) is 0 Å². The van der Waals surface area contributed by atoms with Gasteiger partial charge in [-0.3, -0.25) is 0 Å². The summed E-state index contributed by atoms with van der Waals surface area (Å²) >= 11 is 0. The summed E-state index contributed by atoms with van der Waals surface area (Å²) < 4.78 is 5.41. The molecule has 0 spiro atoms. The number of aryl methyl sites for hydroxylation is 4. The van der Waals surface area contributed by atoms with Crippen LogP contribution in [0.25, 0.3) is 0 Å². The minimum atomic E-state index is 0.627. The van der Waals surface area contributed by atoms with Crippen LogP contribution in [0.15, 0.2) is 42.5 Å². The number of hydrogen-bond acceptors (Lipinski definition) is 5. The monoisotopic (exact) mass is 362 g/mol. The summed E-state index contributed by atoms with van der Waals surface area (Å²) in [5, 5.41) is 6.82. The summed E-state index contributed by atoms with van der Waals surface area (Å²) in [6.07, 6.45) is 0. The van der Waals surface area contributed by atoms with E-state index in [2.05, 4.69) is 53.5 Å². The van der Waals surface area contributed by atoms with E-state index < -0.39 is 0 Å². The molecule has 0 fully saturated rings. The fourth-order valence-corrected chi connectivity index (χ4v) is 3.26. The minimum absolute atomic E-state index is 0.627. The molecule has 1 heterocycles. The van der Waals surface area contributed by atoms with E-state index in [0.29, 0.717) is 12.4 Å². The number of benzene rings is 2. The van der Waals surface area contributed by atoms with Crippen LogP contribution in [0.5, 0.6) is 5.75 Å². The molecule has 0 aliphatic heterocycles. The van der Waals surface area contributed by atoms with Gasteiger partial charge >= 0.3 is 0 Å².